The number of methoxy groups -OCH3 is 1. The number of carbonyl (C=O) groups is 2. The van der Waals surface area contributed by atoms with Gasteiger partial charge >= 0.3 is 12.1 Å². The molecule has 122 valence electrons. The van der Waals surface area contributed by atoms with Gasteiger partial charge in [-0.25, -0.2) is 9.59 Å². The van der Waals surface area contributed by atoms with E-state index in [4.69, 9.17) is 21.1 Å². The van der Waals surface area contributed by atoms with E-state index in [1.165, 1.54) is 7.11 Å². The minimum Gasteiger partial charge on any atom is -0.467 e. The second kappa shape index (κ2) is 10.0. The standard InChI is InChI=1S/C15H20ClNO5/c1-11(8-16)21-10-13(14(18)20-2)17-15(19)22-9-12-6-4-3-5-7-12/h3-7,11,13H,8-10H2,1-2H3,(H,17,19). The fourth-order valence-corrected chi connectivity index (χ4v) is 1.61. The lowest BCUT2D eigenvalue weighted by Gasteiger charge is -2.18. The van der Waals surface area contributed by atoms with Crippen LogP contribution in [0.5, 0.6) is 0 Å². The van der Waals surface area contributed by atoms with Gasteiger partial charge in [-0.1, -0.05) is 30.3 Å². The highest BCUT2D eigenvalue weighted by atomic mass is 35.5. The van der Waals surface area contributed by atoms with Crippen LogP contribution >= 0.6 is 11.6 Å². The second-order valence-corrected chi connectivity index (χ2v) is 4.89. The number of alkyl carbamates (subject to hydrolysis) is 1. The van der Waals surface area contributed by atoms with Crippen molar-refractivity contribution in [1.29, 1.82) is 0 Å². The number of hydrogen-bond acceptors (Lipinski definition) is 5. The Bertz CT molecular complexity index is 468. The Morgan fingerprint density at radius 1 is 1.27 bits per heavy atom. The number of amides is 1. The summed E-state index contributed by atoms with van der Waals surface area (Å²) in [4.78, 5) is 23.4. The van der Waals surface area contributed by atoms with E-state index in [2.05, 4.69) is 10.1 Å². The van der Waals surface area contributed by atoms with Gasteiger partial charge in [-0.05, 0) is 12.5 Å². The van der Waals surface area contributed by atoms with E-state index in [1.807, 2.05) is 30.3 Å². The largest absolute Gasteiger partial charge is 0.467 e. The van der Waals surface area contributed by atoms with E-state index < -0.39 is 18.1 Å². The lowest BCUT2D eigenvalue weighted by molar-refractivity contribution is -0.145. The fourth-order valence-electron chi connectivity index (χ4n) is 1.52. The van der Waals surface area contributed by atoms with E-state index in [1.54, 1.807) is 6.92 Å². The number of rotatable bonds is 8. The lowest BCUT2D eigenvalue weighted by atomic mass is 10.2. The molecule has 0 spiro atoms. The van der Waals surface area contributed by atoms with Crippen LogP contribution in [-0.2, 0) is 25.6 Å². The predicted octanol–water partition coefficient (Wildman–Crippen LogP) is 2.10. The van der Waals surface area contributed by atoms with Crippen molar-refractivity contribution in [2.45, 2.75) is 25.7 Å². The molecule has 0 heterocycles. The van der Waals surface area contributed by atoms with Crippen LogP contribution in [0.3, 0.4) is 0 Å². The molecule has 22 heavy (non-hydrogen) atoms. The molecule has 0 aliphatic rings. The zero-order valence-corrected chi connectivity index (χ0v) is 13.3. The molecular weight excluding hydrogens is 310 g/mol. The summed E-state index contributed by atoms with van der Waals surface area (Å²) < 4.78 is 15.0. The highest BCUT2D eigenvalue weighted by molar-refractivity contribution is 6.18. The van der Waals surface area contributed by atoms with Crippen LogP contribution in [0.1, 0.15) is 12.5 Å². The Balaban J connectivity index is 2.46. The number of esters is 1. The molecule has 0 radical (unpaired) electrons. The molecule has 0 aliphatic heterocycles. The van der Waals surface area contributed by atoms with Gasteiger partial charge in [0.05, 0.1) is 19.8 Å². The molecule has 0 fully saturated rings. The van der Waals surface area contributed by atoms with E-state index in [0.717, 1.165) is 5.56 Å². The molecular formula is C15H20ClNO5. The first-order valence-corrected chi connectivity index (χ1v) is 7.33. The van der Waals surface area contributed by atoms with E-state index in [9.17, 15) is 9.59 Å². The summed E-state index contributed by atoms with van der Waals surface area (Å²) in [5, 5.41) is 2.41. The number of halogens is 1. The van der Waals surface area contributed by atoms with Crippen molar-refractivity contribution in [2.75, 3.05) is 19.6 Å². The Labute approximate surface area is 134 Å². The molecule has 1 rings (SSSR count). The first-order valence-electron chi connectivity index (χ1n) is 6.79. The summed E-state index contributed by atoms with van der Waals surface area (Å²) in [7, 11) is 1.23. The van der Waals surface area contributed by atoms with Crippen molar-refractivity contribution in [3.63, 3.8) is 0 Å². The summed E-state index contributed by atoms with van der Waals surface area (Å²) in [6.45, 7) is 1.83. The second-order valence-electron chi connectivity index (χ2n) is 4.58. The normalized spacial score (nSPS) is 13.0. The highest BCUT2D eigenvalue weighted by Crippen LogP contribution is 2.02. The summed E-state index contributed by atoms with van der Waals surface area (Å²) in [5.74, 6) is -0.328. The molecule has 0 aromatic heterocycles. The fraction of sp³-hybridized carbons (Fsp3) is 0.467. The Morgan fingerprint density at radius 3 is 2.55 bits per heavy atom. The Morgan fingerprint density at radius 2 is 1.95 bits per heavy atom. The predicted molar refractivity (Wildman–Crippen MR) is 81.7 cm³/mol. The zero-order chi connectivity index (χ0) is 16.4. The van der Waals surface area contributed by atoms with Crippen LogP contribution in [-0.4, -0.2) is 43.8 Å². The van der Waals surface area contributed by atoms with Crippen molar-refractivity contribution in [3.8, 4) is 0 Å². The van der Waals surface area contributed by atoms with Crippen LogP contribution in [0.4, 0.5) is 4.79 Å². The summed E-state index contributed by atoms with van der Waals surface area (Å²) >= 11 is 5.62. The molecule has 6 nitrogen and oxygen atoms in total. The smallest absolute Gasteiger partial charge is 0.408 e. The molecule has 2 unspecified atom stereocenters. The number of nitrogens with one attached hydrogen (secondary N) is 1. The van der Waals surface area contributed by atoms with Gasteiger partial charge < -0.3 is 19.5 Å². The molecule has 1 aromatic carbocycles. The van der Waals surface area contributed by atoms with Gasteiger partial charge in [0.25, 0.3) is 0 Å². The van der Waals surface area contributed by atoms with Crippen molar-refractivity contribution < 1.29 is 23.8 Å². The summed E-state index contributed by atoms with van der Waals surface area (Å²) in [6.07, 6.45) is -0.961. The summed E-state index contributed by atoms with van der Waals surface area (Å²) in [5.41, 5.74) is 0.847. The number of carbonyl (C=O) groups excluding carboxylic acids is 2. The quantitative estimate of drug-likeness (QED) is 0.584. The molecule has 1 N–H and O–H groups in total. The maximum atomic E-state index is 11.7. The van der Waals surface area contributed by atoms with Gasteiger partial charge in [0.15, 0.2) is 6.04 Å². The first-order chi connectivity index (χ1) is 10.6. The van der Waals surface area contributed by atoms with Crippen LogP contribution in [0.15, 0.2) is 30.3 Å². The zero-order valence-electron chi connectivity index (χ0n) is 12.6. The topological polar surface area (TPSA) is 73.9 Å². The number of ether oxygens (including phenoxy) is 3. The molecule has 0 aliphatic carbocycles. The SMILES string of the molecule is COC(=O)C(COC(C)CCl)NC(=O)OCc1ccccc1. The molecule has 1 amide bonds. The lowest BCUT2D eigenvalue weighted by Crippen LogP contribution is -2.45. The monoisotopic (exact) mass is 329 g/mol. The summed E-state index contributed by atoms with van der Waals surface area (Å²) in [6, 6.07) is 8.27. The average Bonchev–Trinajstić information content (AvgIpc) is 2.56. The van der Waals surface area contributed by atoms with Gasteiger partial charge in [0, 0.05) is 5.88 Å². The molecule has 7 heteroatoms. The highest BCUT2D eigenvalue weighted by Gasteiger charge is 2.23. The van der Waals surface area contributed by atoms with Crippen LogP contribution in [0, 0.1) is 0 Å². The van der Waals surface area contributed by atoms with Gasteiger partial charge in [0.2, 0.25) is 0 Å². The van der Waals surface area contributed by atoms with Gasteiger partial charge in [-0.2, -0.15) is 0 Å². The minimum atomic E-state index is -0.945. The third-order valence-corrected chi connectivity index (χ3v) is 3.19. The van der Waals surface area contributed by atoms with Gasteiger partial charge in [-0.3, -0.25) is 0 Å². The van der Waals surface area contributed by atoms with E-state index in [-0.39, 0.29) is 25.2 Å². The maximum Gasteiger partial charge on any atom is 0.408 e. The Hall–Kier alpha value is -1.79. The molecule has 1 aromatic rings. The Kier molecular flexibility index (Phi) is 8.32. The van der Waals surface area contributed by atoms with E-state index in [0.29, 0.717) is 0 Å². The van der Waals surface area contributed by atoms with Crippen molar-refractivity contribution >= 4 is 23.7 Å². The van der Waals surface area contributed by atoms with Gasteiger partial charge in [0.1, 0.15) is 6.61 Å². The third kappa shape index (κ3) is 6.78. The maximum absolute atomic E-state index is 11.7. The molecule has 0 saturated heterocycles. The molecule has 0 saturated carbocycles. The number of benzene rings is 1. The van der Waals surface area contributed by atoms with Crippen LogP contribution in [0.2, 0.25) is 0 Å². The minimum absolute atomic E-state index is 0.0407. The van der Waals surface area contributed by atoms with Crippen molar-refractivity contribution in [1.82, 2.24) is 5.32 Å². The number of hydrogen-bond donors (Lipinski definition) is 1. The average molecular weight is 330 g/mol. The van der Waals surface area contributed by atoms with Crippen molar-refractivity contribution in [2.24, 2.45) is 0 Å². The third-order valence-electron chi connectivity index (χ3n) is 2.76. The molecule has 0 bridgehead atoms. The van der Waals surface area contributed by atoms with Crippen LogP contribution in [0.25, 0.3) is 0 Å². The molecule has 2 atom stereocenters. The van der Waals surface area contributed by atoms with E-state index >= 15 is 0 Å². The van der Waals surface area contributed by atoms with Crippen LogP contribution < -0.4 is 5.32 Å². The van der Waals surface area contributed by atoms with Crippen molar-refractivity contribution in [3.05, 3.63) is 35.9 Å². The first kappa shape index (κ1) is 18.3. The van der Waals surface area contributed by atoms with Gasteiger partial charge in [-0.15, -0.1) is 11.6 Å². The number of alkyl halides is 1.